The minimum absolute atomic E-state index is 0.0265. The zero-order chi connectivity index (χ0) is 20.9. The van der Waals surface area contributed by atoms with Crippen molar-refractivity contribution in [1.82, 2.24) is 9.88 Å². The van der Waals surface area contributed by atoms with Gasteiger partial charge in [-0.3, -0.25) is 9.69 Å². The number of hydrogen-bond acceptors (Lipinski definition) is 5. The Morgan fingerprint density at radius 2 is 2.10 bits per heavy atom. The van der Waals surface area contributed by atoms with E-state index in [1.54, 1.807) is 22.9 Å². The van der Waals surface area contributed by atoms with Gasteiger partial charge in [0.15, 0.2) is 16.8 Å². The van der Waals surface area contributed by atoms with Crippen molar-refractivity contribution >= 4 is 40.1 Å². The monoisotopic (exact) mass is 439 g/mol. The molecule has 2 aromatic carbocycles. The number of aromatic nitrogens is 1. The van der Waals surface area contributed by atoms with E-state index in [-0.39, 0.29) is 5.91 Å². The van der Waals surface area contributed by atoms with Gasteiger partial charge in [0.05, 0.1) is 11.9 Å². The van der Waals surface area contributed by atoms with Gasteiger partial charge in [0.25, 0.3) is 0 Å². The van der Waals surface area contributed by atoms with Gasteiger partial charge in [-0.2, -0.15) is 0 Å². The molecule has 4 rings (SSSR count). The van der Waals surface area contributed by atoms with Gasteiger partial charge in [-0.25, -0.2) is 9.98 Å². The van der Waals surface area contributed by atoms with Gasteiger partial charge in [0.1, 0.15) is 0 Å². The highest BCUT2D eigenvalue weighted by atomic mass is 35.5. The number of halogens is 1. The summed E-state index contributed by atoms with van der Waals surface area (Å²) in [6.07, 6.45) is 3.43. The van der Waals surface area contributed by atoms with Crippen molar-refractivity contribution in [2.45, 2.75) is 26.2 Å². The molecular formula is C23H22ClN3O2S. The van der Waals surface area contributed by atoms with Crippen molar-refractivity contribution in [3.8, 4) is 11.3 Å². The van der Waals surface area contributed by atoms with E-state index in [0.29, 0.717) is 36.1 Å². The minimum atomic E-state index is 0.0265. The molecule has 1 aromatic heterocycles. The van der Waals surface area contributed by atoms with Crippen LogP contribution in [0.5, 0.6) is 0 Å². The van der Waals surface area contributed by atoms with E-state index in [9.17, 15) is 4.79 Å². The summed E-state index contributed by atoms with van der Waals surface area (Å²) in [4.78, 5) is 23.7. The minimum Gasteiger partial charge on any atom is -0.441 e. The molecule has 3 aromatic rings. The Labute approximate surface area is 185 Å². The number of thioether (sulfide) groups is 1. The number of oxazole rings is 1. The van der Waals surface area contributed by atoms with Crippen LogP contribution in [0.3, 0.4) is 0 Å². The molecule has 0 atom stereocenters. The van der Waals surface area contributed by atoms with E-state index in [1.807, 2.05) is 55.5 Å². The molecule has 5 nitrogen and oxygen atoms in total. The van der Waals surface area contributed by atoms with Crippen LogP contribution < -0.4 is 0 Å². The van der Waals surface area contributed by atoms with Gasteiger partial charge in [-0.05, 0) is 31.0 Å². The molecule has 0 radical (unpaired) electrons. The normalized spacial score (nSPS) is 15.5. The molecule has 1 aliphatic heterocycles. The lowest BCUT2D eigenvalue weighted by atomic mass is 10.2. The van der Waals surface area contributed by atoms with Crippen LogP contribution in [0.25, 0.3) is 11.3 Å². The highest BCUT2D eigenvalue weighted by molar-refractivity contribution is 8.13. The standard InChI is InChI=1S/C23H22ClN3O2S/c1-16-8-9-18(14-19(16)24)26-23-27(12-5-13-30-23)22(28)11-10-21-25-15-20(29-21)17-6-3-2-4-7-17/h2-4,6-9,14-15H,5,10-13H2,1H3. The fourth-order valence-corrected chi connectivity index (χ4v) is 4.31. The van der Waals surface area contributed by atoms with Crippen LogP contribution in [0.4, 0.5) is 5.69 Å². The number of nitrogens with zero attached hydrogens (tertiary/aromatic N) is 3. The smallest absolute Gasteiger partial charge is 0.229 e. The van der Waals surface area contributed by atoms with Gasteiger partial charge in [-0.15, -0.1) is 0 Å². The predicted octanol–water partition coefficient (Wildman–Crippen LogP) is 5.89. The third kappa shape index (κ3) is 4.94. The van der Waals surface area contributed by atoms with Gasteiger partial charge in [0, 0.05) is 35.7 Å². The molecule has 0 saturated carbocycles. The predicted molar refractivity (Wildman–Crippen MR) is 122 cm³/mol. The summed E-state index contributed by atoms with van der Waals surface area (Å²) in [7, 11) is 0. The second kappa shape index (κ2) is 9.49. The van der Waals surface area contributed by atoms with Crippen molar-refractivity contribution in [2.75, 3.05) is 12.3 Å². The fourth-order valence-electron chi connectivity index (χ4n) is 3.16. The van der Waals surface area contributed by atoms with Crippen LogP contribution >= 0.6 is 23.4 Å². The third-order valence-corrected chi connectivity index (χ3v) is 6.30. The molecule has 0 spiro atoms. The Morgan fingerprint density at radius 1 is 1.27 bits per heavy atom. The van der Waals surface area contributed by atoms with Crippen LogP contribution in [0.15, 0.2) is 64.1 Å². The molecular weight excluding hydrogens is 418 g/mol. The largest absolute Gasteiger partial charge is 0.441 e. The molecule has 0 N–H and O–H groups in total. The van der Waals surface area contributed by atoms with Crippen LogP contribution in [0.2, 0.25) is 5.02 Å². The van der Waals surface area contributed by atoms with E-state index in [0.717, 1.165) is 34.2 Å². The molecule has 0 unspecified atom stereocenters. The number of carbonyl (C=O) groups is 1. The lowest BCUT2D eigenvalue weighted by molar-refractivity contribution is -0.127. The van der Waals surface area contributed by atoms with E-state index in [2.05, 4.69) is 9.98 Å². The molecule has 1 saturated heterocycles. The number of benzene rings is 2. The number of amidine groups is 1. The van der Waals surface area contributed by atoms with E-state index in [4.69, 9.17) is 16.0 Å². The lowest BCUT2D eigenvalue weighted by Gasteiger charge is -2.27. The first-order valence-electron chi connectivity index (χ1n) is 9.88. The molecule has 1 fully saturated rings. The topological polar surface area (TPSA) is 58.7 Å². The van der Waals surface area contributed by atoms with Crippen LogP contribution in [-0.4, -0.2) is 33.3 Å². The Kier molecular flexibility index (Phi) is 6.55. The summed E-state index contributed by atoms with van der Waals surface area (Å²) in [5.41, 5.74) is 2.74. The van der Waals surface area contributed by atoms with Crippen molar-refractivity contribution in [3.63, 3.8) is 0 Å². The number of amides is 1. The number of rotatable bonds is 5. The highest BCUT2D eigenvalue weighted by Crippen LogP contribution is 2.27. The van der Waals surface area contributed by atoms with E-state index < -0.39 is 0 Å². The van der Waals surface area contributed by atoms with Crippen LogP contribution in [-0.2, 0) is 11.2 Å². The molecule has 154 valence electrons. The van der Waals surface area contributed by atoms with Crippen molar-refractivity contribution in [1.29, 1.82) is 0 Å². The SMILES string of the molecule is Cc1ccc(N=C2SCCCN2C(=O)CCc2ncc(-c3ccccc3)o2)cc1Cl. The summed E-state index contributed by atoms with van der Waals surface area (Å²) in [6.45, 7) is 2.63. The average molecular weight is 440 g/mol. The molecule has 1 amide bonds. The maximum Gasteiger partial charge on any atom is 0.229 e. The van der Waals surface area contributed by atoms with Crippen LogP contribution in [0, 0.1) is 6.92 Å². The molecule has 30 heavy (non-hydrogen) atoms. The summed E-state index contributed by atoms with van der Waals surface area (Å²) in [6, 6.07) is 15.5. The van der Waals surface area contributed by atoms with Gasteiger partial charge in [0.2, 0.25) is 5.91 Å². The van der Waals surface area contributed by atoms with Gasteiger partial charge >= 0.3 is 0 Å². The quantitative estimate of drug-likeness (QED) is 0.497. The zero-order valence-corrected chi connectivity index (χ0v) is 18.2. The second-order valence-electron chi connectivity index (χ2n) is 7.06. The van der Waals surface area contributed by atoms with Gasteiger partial charge < -0.3 is 4.42 Å². The lowest BCUT2D eigenvalue weighted by Crippen LogP contribution is -2.39. The summed E-state index contributed by atoms with van der Waals surface area (Å²) in [5, 5.41) is 1.40. The Bertz CT molecular complexity index is 1070. The zero-order valence-electron chi connectivity index (χ0n) is 16.7. The number of carbonyl (C=O) groups excluding carboxylic acids is 1. The fraction of sp³-hybridized carbons (Fsp3) is 0.261. The maximum absolute atomic E-state index is 12.9. The Morgan fingerprint density at radius 3 is 2.90 bits per heavy atom. The third-order valence-electron chi connectivity index (χ3n) is 4.83. The average Bonchev–Trinajstić information content (AvgIpc) is 3.25. The van der Waals surface area contributed by atoms with E-state index in [1.165, 1.54) is 0 Å². The number of aliphatic imine (C=N–C) groups is 1. The summed E-state index contributed by atoms with van der Waals surface area (Å²) in [5.74, 6) is 2.25. The number of aryl methyl sites for hydroxylation is 2. The van der Waals surface area contributed by atoms with Crippen molar-refractivity contribution in [3.05, 3.63) is 71.2 Å². The van der Waals surface area contributed by atoms with Gasteiger partial charge in [-0.1, -0.05) is 59.8 Å². The van der Waals surface area contributed by atoms with Crippen molar-refractivity contribution in [2.24, 2.45) is 4.99 Å². The first-order valence-corrected chi connectivity index (χ1v) is 11.2. The highest BCUT2D eigenvalue weighted by Gasteiger charge is 2.24. The maximum atomic E-state index is 12.9. The first-order chi connectivity index (χ1) is 14.6. The Hall–Kier alpha value is -2.57. The second-order valence-corrected chi connectivity index (χ2v) is 8.53. The number of hydrogen-bond donors (Lipinski definition) is 0. The van der Waals surface area contributed by atoms with E-state index >= 15 is 0 Å². The summed E-state index contributed by atoms with van der Waals surface area (Å²) >= 11 is 7.82. The molecule has 0 aliphatic carbocycles. The molecule has 1 aliphatic rings. The Balaban J connectivity index is 1.43. The molecule has 7 heteroatoms. The van der Waals surface area contributed by atoms with Crippen molar-refractivity contribution < 1.29 is 9.21 Å². The summed E-state index contributed by atoms with van der Waals surface area (Å²) < 4.78 is 5.82. The molecule has 2 heterocycles. The first kappa shape index (κ1) is 20.7. The molecule has 0 bridgehead atoms. The van der Waals surface area contributed by atoms with Crippen LogP contribution in [0.1, 0.15) is 24.3 Å².